The number of rotatable bonds is 2. The number of aromatic nitrogens is 1. The zero-order valence-electron chi connectivity index (χ0n) is 14.3. The Morgan fingerprint density at radius 1 is 1.55 bits per heavy atom. The molecule has 1 unspecified atom stereocenters. The quantitative estimate of drug-likeness (QED) is 0.507. The second-order valence-corrected chi connectivity index (χ2v) is 6.48. The van der Waals surface area contributed by atoms with Crippen molar-refractivity contribution in [3.63, 3.8) is 0 Å². The molecule has 0 aliphatic heterocycles. The average Bonchev–Trinajstić information content (AvgIpc) is 2.40. The summed E-state index contributed by atoms with van der Waals surface area (Å²) in [4.78, 5) is 16.7. The predicted octanol–water partition coefficient (Wildman–Crippen LogP) is 3.52. The lowest BCUT2D eigenvalue weighted by molar-refractivity contribution is -0.136. The third-order valence-electron chi connectivity index (χ3n) is 3.64. The molecule has 1 heterocycles. The number of Topliss-reactive ketones (excluding diaryl/α,β-unsaturated/α-hetero) is 1. The van der Waals surface area contributed by atoms with Crippen molar-refractivity contribution in [2.45, 2.75) is 32.3 Å². The van der Waals surface area contributed by atoms with Crippen LogP contribution in [0.15, 0.2) is 34.6 Å². The van der Waals surface area contributed by atoms with E-state index in [0.717, 1.165) is 6.26 Å². The number of hydrogen-bond acceptors (Lipinski definition) is 4. The molecular weight excluding hydrogens is 322 g/mol. The Bertz CT molecular complexity index is 658. The van der Waals surface area contributed by atoms with Gasteiger partial charge < -0.3 is 9.84 Å². The number of methoxy groups -OCH3 is 1. The maximum Gasteiger partial charge on any atom is 0.167 e. The van der Waals surface area contributed by atoms with E-state index in [0.29, 0.717) is 10.3 Å². The number of aliphatic hydroxyl groups is 1. The number of carbonyl (C=O) groups excluding carboxylic acids is 1. The van der Waals surface area contributed by atoms with Gasteiger partial charge in [0.2, 0.25) is 0 Å². The maximum absolute atomic E-state index is 12.4. The van der Waals surface area contributed by atoms with Gasteiger partial charge in [0, 0.05) is 24.4 Å². The van der Waals surface area contributed by atoms with Gasteiger partial charge in [-0.2, -0.15) is 0 Å². The third kappa shape index (κ3) is 2.52. The Morgan fingerprint density at radius 3 is 2.90 bits per heavy atom. The average molecular weight is 343 g/mol. The van der Waals surface area contributed by atoms with Crippen LogP contribution < -0.4 is 0 Å². The Balaban J connectivity index is 2.61. The van der Waals surface area contributed by atoms with Gasteiger partial charge in [-0.3, -0.25) is 4.79 Å². The summed E-state index contributed by atoms with van der Waals surface area (Å²) in [7, 11) is -2.67. The van der Waals surface area contributed by atoms with Crippen LogP contribution in [0.4, 0.5) is 0 Å². The van der Waals surface area contributed by atoms with Crippen LogP contribution >= 0.6 is 15.9 Å². The molecule has 1 aliphatic rings. The van der Waals surface area contributed by atoms with Gasteiger partial charge in [-0.15, -0.1) is 0 Å². The molecule has 20 heavy (non-hydrogen) atoms. The Morgan fingerprint density at radius 2 is 2.30 bits per heavy atom. The largest absolute Gasteiger partial charge is 0.515 e. The van der Waals surface area contributed by atoms with E-state index in [2.05, 4.69) is 20.9 Å². The molecule has 0 spiro atoms. The number of ether oxygens (including phenoxy) is 1. The van der Waals surface area contributed by atoms with Crippen molar-refractivity contribution in [1.82, 2.24) is 4.98 Å². The smallest absolute Gasteiger partial charge is 0.167 e. The van der Waals surface area contributed by atoms with E-state index < -0.39 is 18.1 Å². The summed E-state index contributed by atoms with van der Waals surface area (Å²) in [6.07, 6.45) is 0.838. The van der Waals surface area contributed by atoms with Crippen LogP contribution in [0.3, 0.4) is 0 Å². The molecule has 2 rings (SSSR count). The van der Waals surface area contributed by atoms with Gasteiger partial charge in [-0.25, -0.2) is 4.98 Å². The molecule has 1 N–H and O–H groups in total. The van der Waals surface area contributed by atoms with E-state index in [1.165, 1.54) is 0 Å². The molecule has 1 aromatic heterocycles. The van der Waals surface area contributed by atoms with E-state index in [-0.39, 0.29) is 24.2 Å². The second kappa shape index (κ2) is 5.30. The van der Waals surface area contributed by atoms with Crippen LogP contribution in [0.5, 0.6) is 0 Å². The van der Waals surface area contributed by atoms with Gasteiger partial charge in [0.05, 0.1) is 16.1 Å². The summed E-state index contributed by atoms with van der Waals surface area (Å²) in [5, 5.41) is 9.42. The van der Waals surface area contributed by atoms with Crippen molar-refractivity contribution in [2.24, 2.45) is 5.41 Å². The van der Waals surface area contributed by atoms with Gasteiger partial charge >= 0.3 is 0 Å². The van der Waals surface area contributed by atoms with E-state index >= 15 is 0 Å². The van der Waals surface area contributed by atoms with Crippen molar-refractivity contribution in [3.05, 3.63) is 40.3 Å². The minimum Gasteiger partial charge on any atom is -0.515 e. The monoisotopic (exact) mass is 342 g/mol. The molecule has 108 valence electrons. The summed E-state index contributed by atoms with van der Waals surface area (Å²) in [5.74, 6) is -0.222. The van der Waals surface area contributed by atoms with E-state index in [1.54, 1.807) is 32.0 Å². The molecule has 0 aromatic carbocycles. The zero-order valence-corrected chi connectivity index (χ0v) is 12.9. The molecule has 1 aliphatic carbocycles. The number of pyridine rings is 1. The minimum atomic E-state index is -2.67. The number of ketones is 1. The molecule has 4 nitrogen and oxygen atoms in total. The molecular formula is C15H18BrNO3. The van der Waals surface area contributed by atoms with Crippen molar-refractivity contribution in [3.8, 4) is 0 Å². The lowest BCUT2D eigenvalue weighted by Crippen LogP contribution is -2.45. The van der Waals surface area contributed by atoms with Gasteiger partial charge in [0.1, 0.15) is 10.2 Å². The molecule has 0 amide bonds. The SMILES string of the molecule is [2H]C([2H])([2H])OC1(c2cccc(Br)n2)C/C(=C/O)C(=O)C(C)(C)C1. The predicted molar refractivity (Wildman–Crippen MR) is 79.4 cm³/mol. The normalized spacial score (nSPS) is 30.6. The molecule has 1 atom stereocenters. The van der Waals surface area contributed by atoms with Gasteiger partial charge in [0.25, 0.3) is 0 Å². The van der Waals surface area contributed by atoms with Crippen molar-refractivity contribution >= 4 is 21.7 Å². The zero-order chi connectivity index (χ0) is 17.5. The third-order valence-corrected chi connectivity index (χ3v) is 4.08. The lowest BCUT2D eigenvalue weighted by Gasteiger charge is -2.43. The highest BCUT2D eigenvalue weighted by Gasteiger charge is 2.49. The van der Waals surface area contributed by atoms with Gasteiger partial charge in [-0.1, -0.05) is 19.9 Å². The fourth-order valence-corrected chi connectivity index (χ4v) is 3.09. The molecule has 1 fully saturated rings. The Labute approximate surface area is 131 Å². The first-order valence-corrected chi connectivity index (χ1v) is 7.00. The second-order valence-electron chi connectivity index (χ2n) is 5.66. The standard InChI is InChI=1S/C15H18BrNO3/c1-14(2)9-15(20-3,7-10(8-18)13(14)19)11-5-4-6-12(16)17-11/h4-6,8,18H,7,9H2,1-3H3/b10-8-/i3D3. The highest BCUT2D eigenvalue weighted by atomic mass is 79.9. The number of halogens is 1. The summed E-state index contributed by atoms with van der Waals surface area (Å²) >= 11 is 3.27. The molecule has 0 bridgehead atoms. The summed E-state index contributed by atoms with van der Waals surface area (Å²) in [6.45, 7) is 3.40. The van der Waals surface area contributed by atoms with Gasteiger partial charge in [-0.05, 0) is 34.5 Å². The topological polar surface area (TPSA) is 59.4 Å². The fraction of sp³-hybridized carbons (Fsp3) is 0.467. The highest BCUT2D eigenvalue weighted by molar-refractivity contribution is 9.10. The Kier molecular flexibility index (Phi) is 3.03. The number of carbonyl (C=O) groups is 1. The Hall–Kier alpha value is -1.20. The lowest BCUT2D eigenvalue weighted by atomic mass is 9.66. The van der Waals surface area contributed by atoms with Crippen molar-refractivity contribution < 1.29 is 18.8 Å². The molecule has 0 radical (unpaired) electrons. The first-order valence-electron chi connectivity index (χ1n) is 7.70. The minimum absolute atomic E-state index is 0.0480. The fourth-order valence-electron chi connectivity index (χ4n) is 2.75. The van der Waals surface area contributed by atoms with Crippen LogP contribution in [0.1, 0.15) is 36.5 Å². The highest BCUT2D eigenvalue weighted by Crippen LogP contribution is 2.48. The van der Waals surface area contributed by atoms with Crippen molar-refractivity contribution in [2.75, 3.05) is 7.04 Å². The van der Waals surface area contributed by atoms with Gasteiger partial charge in [0.15, 0.2) is 5.78 Å². The molecule has 1 aromatic rings. The van der Waals surface area contributed by atoms with E-state index in [4.69, 9.17) is 8.85 Å². The molecule has 0 saturated heterocycles. The van der Waals surface area contributed by atoms with Crippen LogP contribution in [0.2, 0.25) is 0 Å². The van der Waals surface area contributed by atoms with Crippen LogP contribution in [-0.4, -0.2) is 22.9 Å². The first kappa shape index (κ1) is 11.5. The number of nitrogens with zero attached hydrogens (tertiary/aromatic N) is 1. The number of aliphatic hydroxyl groups excluding tert-OH is 1. The van der Waals surface area contributed by atoms with Crippen LogP contribution in [-0.2, 0) is 15.1 Å². The molecule has 1 saturated carbocycles. The number of hydrogen-bond donors (Lipinski definition) is 1. The van der Waals surface area contributed by atoms with E-state index in [9.17, 15) is 9.90 Å². The van der Waals surface area contributed by atoms with Crippen LogP contribution in [0, 0.1) is 5.41 Å². The first-order chi connectivity index (χ1) is 10.5. The van der Waals surface area contributed by atoms with Crippen molar-refractivity contribution in [1.29, 1.82) is 0 Å². The van der Waals surface area contributed by atoms with E-state index in [1.807, 2.05) is 0 Å². The summed E-state index contributed by atoms with van der Waals surface area (Å²) in [5.41, 5.74) is -1.67. The summed E-state index contributed by atoms with van der Waals surface area (Å²) < 4.78 is 28.5. The van der Waals surface area contributed by atoms with Crippen LogP contribution in [0.25, 0.3) is 0 Å². The molecule has 5 heteroatoms. The maximum atomic E-state index is 12.4. The summed E-state index contributed by atoms with van der Waals surface area (Å²) in [6, 6.07) is 5.11.